The summed E-state index contributed by atoms with van der Waals surface area (Å²) in [6.07, 6.45) is 0. The minimum atomic E-state index is -0.537. The molecule has 6 nitrogen and oxygen atoms in total. The third-order valence-corrected chi connectivity index (χ3v) is 2.64. The fourth-order valence-electron chi connectivity index (χ4n) is 1.10. The van der Waals surface area contributed by atoms with Crippen LogP contribution in [0.2, 0.25) is 0 Å². The maximum atomic E-state index is 10.8. The first-order valence-electron chi connectivity index (χ1n) is 4.04. The van der Waals surface area contributed by atoms with Crippen LogP contribution in [0.15, 0.2) is 16.6 Å². The summed E-state index contributed by atoms with van der Waals surface area (Å²) >= 11 is 7.83. The Morgan fingerprint density at radius 2 is 2.31 bits per heavy atom. The number of benzene rings is 1. The maximum absolute atomic E-state index is 10.8. The van der Waals surface area contributed by atoms with Crippen molar-refractivity contribution in [2.24, 2.45) is 5.73 Å². The number of nitrogens with zero attached hydrogens (tertiary/aromatic N) is 1. The van der Waals surface area contributed by atoms with Crippen LogP contribution in [0.4, 0.5) is 11.4 Å². The van der Waals surface area contributed by atoms with E-state index in [0.29, 0.717) is 10.2 Å². The van der Waals surface area contributed by atoms with Gasteiger partial charge in [-0.25, -0.2) is 0 Å². The van der Waals surface area contributed by atoms with Crippen molar-refractivity contribution in [3.63, 3.8) is 0 Å². The molecule has 0 aliphatic heterocycles. The monoisotopic (exact) mass is 305 g/mol. The molecule has 0 unspecified atom stereocenters. The largest absolute Gasteiger partial charge is 0.495 e. The predicted octanol–water partition coefficient (Wildman–Crippen LogP) is 2.02. The van der Waals surface area contributed by atoms with E-state index < -0.39 is 4.92 Å². The van der Waals surface area contributed by atoms with Crippen LogP contribution in [-0.4, -0.2) is 17.1 Å². The first-order chi connectivity index (χ1) is 7.47. The summed E-state index contributed by atoms with van der Waals surface area (Å²) in [7, 11) is 1.45. The second-order valence-electron chi connectivity index (χ2n) is 2.72. The Morgan fingerprint density at radius 1 is 1.69 bits per heavy atom. The van der Waals surface area contributed by atoms with E-state index in [4.69, 9.17) is 10.5 Å². The van der Waals surface area contributed by atoms with Crippen molar-refractivity contribution >= 4 is 44.6 Å². The van der Waals surface area contributed by atoms with Crippen LogP contribution in [0.5, 0.6) is 5.75 Å². The summed E-state index contributed by atoms with van der Waals surface area (Å²) in [5.41, 5.74) is 5.33. The number of hydrogen-bond donors (Lipinski definition) is 2. The van der Waals surface area contributed by atoms with Crippen molar-refractivity contribution in [2.45, 2.75) is 0 Å². The van der Waals surface area contributed by atoms with E-state index in [9.17, 15) is 10.1 Å². The zero-order chi connectivity index (χ0) is 12.3. The lowest BCUT2D eigenvalue weighted by molar-refractivity contribution is -0.384. The highest BCUT2D eigenvalue weighted by atomic mass is 79.9. The van der Waals surface area contributed by atoms with Gasteiger partial charge in [-0.3, -0.25) is 10.1 Å². The van der Waals surface area contributed by atoms with Gasteiger partial charge >= 0.3 is 0 Å². The van der Waals surface area contributed by atoms with Gasteiger partial charge in [0.2, 0.25) is 0 Å². The Balaban J connectivity index is 3.36. The van der Waals surface area contributed by atoms with Gasteiger partial charge < -0.3 is 15.8 Å². The second kappa shape index (κ2) is 5.08. The number of nitro groups is 1. The lowest BCUT2D eigenvalue weighted by Crippen LogP contribution is -2.20. The number of anilines is 1. The number of ether oxygens (including phenoxy) is 1. The van der Waals surface area contributed by atoms with E-state index >= 15 is 0 Å². The topological polar surface area (TPSA) is 90.4 Å². The van der Waals surface area contributed by atoms with Gasteiger partial charge in [0.15, 0.2) is 5.11 Å². The SMILES string of the molecule is COc1ccc([N+](=O)[O-])c(NC(N)=S)c1Br. The molecule has 0 aliphatic carbocycles. The molecule has 1 aromatic carbocycles. The fourth-order valence-corrected chi connectivity index (χ4v) is 1.80. The number of methoxy groups -OCH3 is 1. The van der Waals surface area contributed by atoms with Crippen LogP contribution >= 0.6 is 28.1 Å². The summed E-state index contributed by atoms with van der Waals surface area (Å²) in [6, 6.07) is 2.79. The minimum absolute atomic E-state index is 0.0583. The normalized spacial score (nSPS) is 9.62. The Hall–Kier alpha value is -1.41. The Kier molecular flexibility index (Phi) is 4.02. The molecular weight excluding hydrogens is 298 g/mol. The molecule has 3 N–H and O–H groups in total. The number of thiocarbonyl (C=S) groups is 1. The highest BCUT2D eigenvalue weighted by molar-refractivity contribution is 9.10. The molecule has 8 heteroatoms. The number of hydrogen-bond acceptors (Lipinski definition) is 4. The number of nitrogens with two attached hydrogens (primary N) is 1. The van der Waals surface area contributed by atoms with Gasteiger partial charge in [0.05, 0.1) is 16.5 Å². The van der Waals surface area contributed by atoms with E-state index in [-0.39, 0.29) is 16.5 Å². The fraction of sp³-hybridized carbons (Fsp3) is 0.125. The average molecular weight is 306 g/mol. The van der Waals surface area contributed by atoms with Crippen LogP contribution < -0.4 is 15.8 Å². The molecule has 0 fully saturated rings. The quantitative estimate of drug-likeness (QED) is 0.504. The first kappa shape index (κ1) is 12.7. The Bertz CT molecular complexity index is 452. The van der Waals surface area contributed by atoms with Crippen LogP contribution in [-0.2, 0) is 0 Å². The zero-order valence-electron chi connectivity index (χ0n) is 8.19. The van der Waals surface area contributed by atoms with Crippen molar-refractivity contribution < 1.29 is 9.66 Å². The molecule has 0 atom stereocenters. The molecule has 0 saturated heterocycles. The van der Waals surface area contributed by atoms with Crippen LogP contribution in [0.1, 0.15) is 0 Å². The van der Waals surface area contributed by atoms with Gasteiger partial charge in [-0.05, 0) is 34.2 Å². The zero-order valence-corrected chi connectivity index (χ0v) is 10.6. The molecule has 0 aromatic heterocycles. The van der Waals surface area contributed by atoms with Gasteiger partial charge in [0.1, 0.15) is 11.4 Å². The van der Waals surface area contributed by atoms with Crippen LogP contribution in [0.25, 0.3) is 0 Å². The maximum Gasteiger partial charge on any atom is 0.294 e. The van der Waals surface area contributed by atoms with E-state index in [1.165, 1.54) is 19.2 Å². The lowest BCUT2D eigenvalue weighted by atomic mass is 10.2. The number of halogens is 1. The van der Waals surface area contributed by atoms with E-state index in [1.54, 1.807) is 0 Å². The lowest BCUT2D eigenvalue weighted by Gasteiger charge is -2.10. The molecule has 1 rings (SSSR count). The van der Waals surface area contributed by atoms with Crippen molar-refractivity contribution in [1.82, 2.24) is 0 Å². The molecule has 0 bridgehead atoms. The first-order valence-corrected chi connectivity index (χ1v) is 5.24. The molecule has 16 heavy (non-hydrogen) atoms. The molecule has 0 amide bonds. The van der Waals surface area contributed by atoms with Crippen LogP contribution in [0, 0.1) is 10.1 Å². The highest BCUT2D eigenvalue weighted by Gasteiger charge is 2.20. The average Bonchev–Trinajstić information content (AvgIpc) is 2.19. The van der Waals surface area contributed by atoms with Crippen molar-refractivity contribution in [2.75, 3.05) is 12.4 Å². The Morgan fingerprint density at radius 3 is 2.75 bits per heavy atom. The van der Waals surface area contributed by atoms with Gasteiger partial charge in [0, 0.05) is 6.07 Å². The van der Waals surface area contributed by atoms with Gasteiger partial charge in [0.25, 0.3) is 5.69 Å². The molecule has 86 valence electrons. The van der Waals surface area contributed by atoms with Crippen molar-refractivity contribution in [3.05, 3.63) is 26.7 Å². The molecule has 0 heterocycles. The number of nitro benzene ring substituents is 1. The van der Waals surface area contributed by atoms with Crippen molar-refractivity contribution in [1.29, 1.82) is 0 Å². The summed E-state index contributed by atoms with van der Waals surface area (Å²) in [5, 5.41) is 13.3. The van der Waals surface area contributed by atoms with Gasteiger partial charge in [-0.2, -0.15) is 0 Å². The van der Waals surface area contributed by atoms with E-state index in [1.807, 2.05) is 0 Å². The standard InChI is InChI=1S/C8H8BrN3O3S/c1-15-5-3-2-4(12(13)14)7(6(5)9)11-8(10)16/h2-3H,1H3,(H3,10,11,16). The number of rotatable bonds is 3. The smallest absolute Gasteiger partial charge is 0.294 e. The predicted molar refractivity (Wildman–Crippen MR) is 67.8 cm³/mol. The third kappa shape index (κ3) is 2.58. The highest BCUT2D eigenvalue weighted by Crippen LogP contribution is 2.39. The Labute approximate surface area is 105 Å². The molecule has 0 radical (unpaired) electrons. The molecule has 0 saturated carbocycles. The minimum Gasteiger partial charge on any atom is -0.495 e. The second-order valence-corrected chi connectivity index (χ2v) is 3.96. The summed E-state index contributed by atoms with van der Waals surface area (Å²) < 4.78 is 5.41. The van der Waals surface area contributed by atoms with E-state index in [2.05, 4.69) is 33.5 Å². The molecule has 1 aromatic rings. The van der Waals surface area contributed by atoms with Crippen LogP contribution in [0.3, 0.4) is 0 Å². The number of nitrogens with one attached hydrogen (secondary N) is 1. The molecule has 0 spiro atoms. The van der Waals surface area contributed by atoms with Crippen molar-refractivity contribution in [3.8, 4) is 5.75 Å². The van der Waals surface area contributed by atoms with E-state index in [0.717, 1.165) is 0 Å². The molecular formula is C8H8BrN3O3S. The van der Waals surface area contributed by atoms with Gasteiger partial charge in [-0.1, -0.05) is 0 Å². The summed E-state index contributed by atoms with van der Waals surface area (Å²) in [6.45, 7) is 0. The third-order valence-electron chi connectivity index (χ3n) is 1.75. The summed E-state index contributed by atoms with van der Waals surface area (Å²) in [4.78, 5) is 10.2. The van der Waals surface area contributed by atoms with Gasteiger partial charge in [-0.15, -0.1) is 0 Å². The summed E-state index contributed by atoms with van der Waals surface area (Å²) in [5.74, 6) is 0.448. The molecule has 0 aliphatic rings.